The molecule has 0 aromatic heterocycles. The average molecular weight is 354 g/mol. The van der Waals surface area contributed by atoms with Crippen molar-refractivity contribution >= 4 is 27.4 Å². The zero-order valence-corrected chi connectivity index (χ0v) is 14.1. The molecule has 0 aromatic rings. The van der Waals surface area contributed by atoms with E-state index in [0.717, 1.165) is 0 Å². The molecule has 2 rings (SSSR count). The predicted octanol–water partition coefficient (Wildman–Crippen LogP) is -2.52. The molecule has 0 radical (unpaired) electrons. The summed E-state index contributed by atoms with van der Waals surface area (Å²) in [6, 6.07) is -0.0441. The van der Waals surface area contributed by atoms with Gasteiger partial charge in [0.05, 0.1) is 11.8 Å². The van der Waals surface area contributed by atoms with Gasteiger partial charge in [-0.1, -0.05) is 0 Å². The van der Waals surface area contributed by atoms with Crippen molar-refractivity contribution in [3.05, 3.63) is 0 Å². The van der Waals surface area contributed by atoms with E-state index < -0.39 is 21.4 Å². The Hall–Kier alpha value is -0.910. The smallest absolute Gasteiger partial charge is 0.320 e. The second kappa shape index (κ2) is 8.09. The summed E-state index contributed by atoms with van der Waals surface area (Å²) in [6.07, 6.45) is 0. The zero-order valence-electron chi connectivity index (χ0n) is 12.3. The number of urea groups is 1. The summed E-state index contributed by atoms with van der Waals surface area (Å²) < 4.78 is 42.8. The predicted molar refractivity (Wildman–Crippen MR) is 82.1 cm³/mol. The molecule has 128 valence electrons. The van der Waals surface area contributed by atoms with E-state index in [2.05, 4.69) is 0 Å². The maximum Gasteiger partial charge on any atom is 0.320 e. The molecule has 0 aliphatic carbocycles. The van der Waals surface area contributed by atoms with Gasteiger partial charge in [-0.15, -0.1) is 0 Å². The molecule has 9 nitrogen and oxygen atoms in total. The van der Waals surface area contributed by atoms with E-state index in [1.54, 1.807) is 9.80 Å². The summed E-state index contributed by atoms with van der Waals surface area (Å²) in [6.45, 7) is 4.33. The molecule has 2 aliphatic heterocycles. The molecule has 2 amide bonds. The van der Waals surface area contributed by atoms with E-state index in [1.807, 2.05) is 9.80 Å². The summed E-state index contributed by atoms with van der Waals surface area (Å²) in [5.74, 6) is 0.0901. The van der Waals surface area contributed by atoms with Crippen LogP contribution in [0.5, 0.6) is 0 Å². The number of thiol groups is 2. The van der Waals surface area contributed by atoms with Crippen LogP contribution < -0.4 is 0 Å². The van der Waals surface area contributed by atoms with Crippen molar-refractivity contribution in [3.8, 4) is 0 Å². The van der Waals surface area contributed by atoms with Crippen molar-refractivity contribution in [1.82, 2.24) is 19.6 Å². The van der Waals surface area contributed by atoms with Gasteiger partial charge in [-0.05, 0) is 0 Å². The lowest BCUT2D eigenvalue weighted by Gasteiger charge is -2.39. The van der Waals surface area contributed by atoms with Gasteiger partial charge >= 0.3 is 6.03 Å². The molecular weight excluding hydrogens is 332 g/mol. The molecule has 22 heavy (non-hydrogen) atoms. The van der Waals surface area contributed by atoms with Crippen molar-refractivity contribution < 1.29 is 21.6 Å². The average Bonchev–Trinajstić information content (AvgIpc) is 2.47. The highest BCUT2D eigenvalue weighted by molar-refractivity contribution is 7.72. The largest absolute Gasteiger partial charge is 0.322 e. The maximum atomic E-state index is 12.4. The number of carbonyl (C=O) groups is 1. The lowest BCUT2D eigenvalue weighted by Crippen LogP contribution is -2.57. The van der Waals surface area contributed by atoms with Crippen molar-refractivity contribution in [2.75, 3.05) is 64.1 Å². The standard InChI is InChI=1S/C11H22N4O5S2/c16-11(14-5-1-12(2-6-14)9-21(17)18)15-7-3-13(4-8-15)10-22(19)20/h21-22H,1-10H2. The Balaban J connectivity index is 1.76. The lowest BCUT2D eigenvalue weighted by molar-refractivity contribution is 0.0990. The molecule has 0 unspecified atom stereocenters. The van der Waals surface area contributed by atoms with E-state index in [4.69, 9.17) is 0 Å². The van der Waals surface area contributed by atoms with E-state index >= 15 is 0 Å². The van der Waals surface area contributed by atoms with E-state index in [-0.39, 0.29) is 17.8 Å². The van der Waals surface area contributed by atoms with Gasteiger partial charge in [-0.3, -0.25) is 9.80 Å². The van der Waals surface area contributed by atoms with Crippen LogP contribution in [0.2, 0.25) is 0 Å². The van der Waals surface area contributed by atoms with Crippen molar-refractivity contribution in [3.63, 3.8) is 0 Å². The quantitative estimate of drug-likeness (QED) is 0.538. The SMILES string of the molecule is O=C(N1CCN(C[SH](=O)=O)CC1)N1CCN(C[SH](=O)=O)CC1. The van der Waals surface area contributed by atoms with Crippen LogP contribution in [0.15, 0.2) is 0 Å². The van der Waals surface area contributed by atoms with Crippen LogP contribution in [0.25, 0.3) is 0 Å². The Kier molecular flexibility index (Phi) is 6.41. The summed E-state index contributed by atoms with van der Waals surface area (Å²) in [4.78, 5) is 19.5. The van der Waals surface area contributed by atoms with Crippen molar-refractivity contribution in [1.29, 1.82) is 0 Å². The Labute approximate surface area is 133 Å². The minimum absolute atomic E-state index is 0.0441. The monoisotopic (exact) mass is 354 g/mol. The van der Waals surface area contributed by atoms with E-state index in [1.165, 1.54) is 0 Å². The summed E-state index contributed by atoms with van der Waals surface area (Å²) >= 11 is 0. The number of nitrogens with zero attached hydrogens (tertiary/aromatic N) is 4. The third kappa shape index (κ3) is 5.07. The summed E-state index contributed by atoms with van der Waals surface area (Å²) in [7, 11) is -4.84. The van der Waals surface area contributed by atoms with Gasteiger partial charge in [0.15, 0.2) is 21.4 Å². The van der Waals surface area contributed by atoms with Gasteiger partial charge in [0.1, 0.15) is 0 Å². The van der Waals surface area contributed by atoms with Gasteiger partial charge in [-0.25, -0.2) is 21.6 Å². The van der Waals surface area contributed by atoms with Gasteiger partial charge in [0.2, 0.25) is 0 Å². The van der Waals surface area contributed by atoms with Gasteiger partial charge in [0.25, 0.3) is 0 Å². The van der Waals surface area contributed by atoms with Crippen LogP contribution in [0.3, 0.4) is 0 Å². The highest BCUT2D eigenvalue weighted by Gasteiger charge is 2.27. The van der Waals surface area contributed by atoms with E-state index in [9.17, 15) is 21.6 Å². The number of hydrogen-bond acceptors (Lipinski definition) is 7. The lowest BCUT2D eigenvalue weighted by atomic mass is 10.3. The van der Waals surface area contributed by atoms with Gasteiger partial charge in [0, 0.05) is 52.4 Å². The van der Waals surface area contributed by atoms with Crippen LogP contribution in [0.1, 0.15) is 0 Å². The number of piperazine rings is 2. The van der Waals surface area contributed by atoms with Gasteiger partial charge < -0.3 is 9.80 Å². The van der Waals surface area contributed by atoms with Gasteiger partial charge in [-0.2, -0.15) is 0 Å². The fourth-order valence-corrected chi connectivity index (χ4v) is 3.91. The first kappa shape index (κ1) is 17.4. The molecule has 0 aromatic carbocycles. The molecule has 0 saturated carbocycles. The zero-order chi connectivity index (χ0) is 16.1. The molecule has 2 heterocycles. The minimum atomic E-state index is -2.42. The first-order valence-corrected chi connectivity index (χ1v) is 9.90. The highest BCUT2D eigenvalue weighted by Crippen LogP contribution is 2.09. The molecule has 2 saturated heterocycles. The Morgan fingerprint density at radius 3 is 1.23 bits per heavy atom. The van der Waals surface area contributed by atoms with Crippen LogP contribution in [-0.4, -0.2) is 107 Å². The van der Waals surface area contributed by atoms with Crippen molar-refractivity contribution in [2.45, 2.75) is 0 Å². The maximum absolute atomic E-state index is 12.4. The molecule has 0 spiro atoms. The number of rotatable bonds is 4. The highest BCUT2D eigenvalue weighted by atomic mass is 32.2. The summed E-state index contributed by atoms with van der Waals surface area (Å²) in [5, 5.41) is 0. The van der Waals surface area contributed by atoms with Crippen LogP contribution in [0, 0.1) is 0 Å². The molecule has 0 bridgehead atoms. The minimum Gasteiger partial charge on any atom is -0.322 e. The molecular formula is C11H22N4O5S2. The molecule has 0 atom stereocenters. The first-order chi connectivity index (χ1) is 10.5. The van der Waals surface area contributed by atoms with E-state index in [0.29, 0.717) is 52.4 Å². The number of carbonyl (C=O) groups excluding carboxylic acids is 1. The fourth-order valence-electron chi connectivity index (χ4n) is 2.69. The summed E-state index contributed by atoms with van der Waals surface area (Å²) in [5.41, 5.74) is 0. The second-order valence-electron chi connectivity index (χ2n) is 5.44. The van der Waals surface area contributed by atoms with Crippen LogP contribution in [0.4, 0.5) is 4.79 Å². The third-order valence-corrected chi connectivity index (χ3v) is 5.18. The molecule has 11 heteroatoms. The fraction of sp³-hybridized carbons (Fsp3) is 0.909. The molecule has 0 N–H and O–H groups in total. The topological polar surface area (TPSA) is 98.3 Å². The number of amides is 2. The Morgan fingerprint density at radius 1 is 0.636 bits per heavy atom. The normalized spacial score (nSPS) is 21.7. The third-order valence-electron chi connectivity index (χ3n) is 3.92. The molecule has 2 fully saturated rings. The van der Waals surface area contributed by atoms with Crippen molar-refractivity contribution in [2.24, 2.45) is 0 Å². The first-order valence-electron chi connectivity index (χ1n) is 7.18. The van der Waals surface area contributed by atoms with Crippen LogP contribution in [-0.2, 0) is 21.4 Å². The Morgan fingerprint density at radius 2 is 0.955 bits per heavy atom. The number of hydrogen-bond donors (Lipinski definition) is 2. The second-order valence-corrected chi connectivity index (χ2v) is 7.34. The molecule has 2 aliphatic rings. The van der Waals surface area contributed by atoms with Crippen LogP contribution >= 0.6 is 0 Å². The Bertz CT molecular complexity index is 473.